The fourth-order valence-corrected chi connectivity index (χ4v) is 7.80. The molecule has 2 amide bonds. The Hall–Kier alpha value is -3.83. The standard InChI is InChI=1S/C30H49IN2O7S.C25H33NO6/c1-5-36-18-19-38-22-23-39-21-20-37-17-15-27(34)33-26(29(35)40-30(2,3)4)8-6-7-16-32-28(41)14-11-24-9-12-25(31)13-10-24;1-2-28-13-14-30-17-18-31-16-15-29-12-11-26-25(27)32-19-24-22-9-5-3-7-20(22)21-8-4-6-10-23(21)24/h9-10,12-13,26H,5-8,11,14-23H2,1-4H3,(H,32,41)(H,33,34);3-10,24H,2,11-19H2,1H3,(H,26,27)/t26-;/m0./s1. The van der Waals surface area contributed by atoms with Gasteiger partial charge in [-0.3, -0.25) is 4.79 Å². The number of benzene rings is 3. The molecule has 0 saturated heterocycles. The van der Waals surface area contributed by atoms with Gasteiger partial charge in [-0.1, -0.05) is 72.9 Å². The van der Waals surface area contributed by atoms with E-state index in [4.69, 9.17) is 59.6 Å². The van der Waals surface area contributed by atoms with E-state index in [1.807, 2.05) is 58.9 Å². The molecule has 408 valence electrons. The zero-order valence-corrected chi connectivity index (χ0v) is 46.8. The van der Waals surface area contributed by atoms with Crippen LogP contribution >= 0.6 is 34.8 Å². The van der Waals surface area contributed by atoms with Crippen molar-refractivity contribution in [2.75, 3.05) is 125 Å². The molecule has 3 aromatic carbocycles. The average molecular weight is 1150 g/mol. The number of aryl methyl sites for hydroxylation is 1. The number of amides is 2. The summed E-state index contributed by atoms with van der Waals surface area (Å²) in [6.07, 6.45) is 3.45. The molecule has 0 radical (unpaired) electrons. The predicted molar refractivity (Wildman–Crippen MR) is 295 cm³/mol. The van der Waals surface area contributed by atoms with Crippen molar-refractivity contribution in [1.82, 2.24) is 16.0 Å². The number of carbonyl (C=O) groups excluding carboxylic acids is 3. The molecule has 1 atom stereocenters. The van der Waals surface area contributed by atoms with E-state index in [0.717, 1.165) is 37.2 Å². The molecule has 0 saturated carbocycles. The van der Waals surface area contributed by atoms with Crippen LogP contribution in [0.25, 0.3) is 11.1 Å². The molecule has 1 aliphatic carbocycles. The largest absolute Gasteiger partial charge is 0.458 e. The highest BCUT2D eigenvalue weighted by Gasteiger charge is 2.29. The third-order valence-corrected chi connectivity index (χ3v) is 11.9. The molecule has 0 unspecified atom stereocenters. The van der Waals surface area contributed by atoms with Crippen LogP contribution in [0.2, 0.25) is 0 Å². The minimum Gasteiger partial charge on any atom is -0.458 e. The van der Waals surface area contributed by atoms with Crippen LogP contribution in [0, 0.1) is 3.57 Å². The van der Waals surface area contributed by atoms with Crippen LogP contribution in [0.3, 0.4) is 0 Å². The van der Waals surface area contributed by atoms with E-state index in [1.165, 1.54) is 31.4 Å². The smallest absolute Gasteiger partial charge is 0.407 e. The van der Waals surface area contributed by atoms with Crippen molar-refractivity contribution in [2.45, 2.75) is 90.7 Å². The van der Waals surface area contributed by atoms with Crippen molar-refractivity contribution in [3.8, 4) is 11.1 Å². The van der Waals surface area contributed by atoms with Crippen LogP contribution in [-0.4, -0.2) is 160 Å². The number of nitrogens with one attached hydrogen (secondary N) is 3. The van der Waals surface area contributed by atoms with Gasteiger partial charge in [-0.2, -0.15) is 0 Å². The molecule has 0 aliphatic heterocycles. The Morgan fingerprint density at radius 2 is 1.10 bits per heavy atom. The Kier molecular flexibility index (Phi) is 34.4. The van der Waals surface area contributed by atoms with Gasteiger partial charge in [0.25, 0.3) is 0 Å². The summed E-state index contributed by atoms with van der Waals surface area (Å²) in [5.74, 6) is -0.617. The second-order valence-electron chi connectivity index (χ2n) is 17.7. The van der Waals surface area contributed by atoms with E-state index in [1.54, 1.807) is 0 Å². The summed E-state index contributed by atoms with van der Waals surface area (Å²) in [6.45, 7) is 18.9. The van der Waals surface area contributed by atoms with Gasteiger partial charge in [0.15, 0.2) is 0 Å². The lowest BCUT2D eigenvalue weighted by Gasteiger charge is -2.24. The van der Waals surface area contributed by atoms with Gasteiger partial charge >= 0.3 is 12.1 Å². The number of ether oxygens (including phenoxy) is 10. The zero-order valence-electron chi connectivity index (χ0n) is 43.9. The predicted octanol–water partition coefficient (Wildman–Crippen LogP) is 8.23. The summed E-state index contributed by atoms with van der Waals surface area (Å²) in [6, 6.07) is 24.3. The van der Waals surface area contributed by atoms with Gasteiger partial charge in [-0.15, -0.1) is 0 Å². The normalized spacial score (nSPS) is 12.2. The Labute approximate surface area is 453 Å². The second-order valence-corrected chi connectivity index (χ2v) is 19.4. The van der Waals surface area contributed by atoms with Crippen molar-refractivity contribution in [1.29, 1.82) is 0 Å². The molecule has 73 heavy (non-hydrogen) atoms. The van der Waals surface area contributed by atoms with E-state index in [-0.39, 0.29) is 24.9 Å². The number of esters is 1. The van der Waals surface area contributed by atoms with Gasteiger partial charge in [0.05, 0.1) is 97.5 Å². The van der Waals surface area contributed by atoms with Crippen molar-refractivity contribution in [3.05, 3.63) is 93.1 Å². The molecule has 1 aliphatic rings. The molecular weight excluding hydrogens is 1070 g/mol. The lowest BCUT2D eigenvalue weighted by atomic mass is 9.98. The summed E-state index contributed by atoms with van der Waals surface area (Å²) in [5.41, 5.74) is 5.45. The maximum atomic E-state index is 12.7. The Balaban J connectivity index is 0.000000396. The number of fused-ring (bicyclic) bond motifs is 3. The summed E-state index contributed by atoms with van der Waals surface area (Å²) < 4.78 is 55.1. The van der Waals surface area contributed by atoms with E-state index in [0.29, 0.717) is 119 Å². The summed E-state index contributed by atoms with van der Waals surface area (Å²) in [5, 5.41) is 8.85. The van der Waals surface area contributed by atoms with Crippen LogP contribution in [0.4, 0.5) is 4.79 Å². The maximum Gasteiger partial charge on any atom is 0.407 e. The van der Waals surface area contributed by atoms with Gasteiger partial charge < -0.3 is 63.3 Å². The number of halogens is 1. The highest BCUT2D eigenvalue weighted by molar-refractivity contribution is 14.1. The number of carbonyl (C=O) groups is 3. The first kappa shape index (κ1) is 63.5. The molecule has 3 N–H and O–H groups in total. The summed E-state index contributed by atoms with van der Waals surface area (Å²) >= 11 is 7.76. The zero-order chi connectivity index (χ0) is 52.8. The summed E-state index contributed by atoms with van der Waals surface area (Å²) in [7, 11) is 0. The van der Waals surface area contributed by atoms with Gasteiger partial charge in [-0.25, -0.2) is 9.59 Å². The first-order valence-corrected chi connectivity index (χ1v) is 27.1. The van der Waals surface area contributed by atoms with E-state index >= 15 is 0 Å². The van der Waals surface area contributed by atoms with Crippen molar-refractivity contribution in [2.24, 2.45) is 0 Å². The van der Waals surface area contributed by atoms with E-state index < -0.39 is 23.7 Å². The van der Waals surface area contributed by atoms with Crippen LogP contribution in [0.15, 0.2) is 72.8 Å². The second kappa shape index (κ2) is 39.6. The lowest BCUT2D eigenvalue weighted by Crippen LogP contribution is -2.44. The topological polar surface area (TPSA) is 180 Å². The van der Waals surface area contributed by atoms with Gasteiger partial charge in [0.1, 0.15) is 18.2 Å². The Bertz CT molecular complexity index is 1930. The highest BCUT2D eigenvalue weighted by Crippen LogP contribution is 2.44. The molecule has 0 aromatic heterocycles. The number of hydrogen-bond acceptors (Lipinski definition) is 14. The fourth-order valence-electron chi connectivity index (χ4n) is 7.23. The third kappa shape index (κ3) is 29.7. The number of unbranched alkanes of at least 4 members (excludes halogenated alkanes) is 1. The quantitative estimate of drug-likeness (QED) is 0.0216. The Morgan fingerprint density at radius 1 is 0.603 bits per heavy atom. The van der Waals surface area contributed by atoms with E-state index in [2.05, 4.69) is 87.1 Å². The van der Waals surface area contributed by atoms with Crippen LogP contribution in [-0.2, 0) is 63.4 Å². The van der Waals surface area contributed by atoms with Crippen molar-refractivity contribution >= 4 is 57.8 Å². The molecule has 3 aromatic rings. The number of alkyl carbamates (subject to hydrolysis) is 1. The molecule has 18 heteroatoms. The Morgan fingerprint density at radius 3 is 1.62 bits per heavy atom. The van der Waals surface area contributed by atoms with E-state index in [9.17, 15) is 14.4 Å². The van der Waals surface area contributed by atoms with Crippen LogP contribution in [0.1, 0.15) is 89.3 Å². The number of hydrogen-bond donors (Lipinski definition) is 3. The third-order valence-electron chi connectivity index (χ3n) is 10.8. The molecule has 0 heterocycles. The van der Waals surface area contributed by atoms with Crippen LogP contribution in [0.5, 0.6) is 0 Å². The van der Waals surface area contributed by atoms with Crippen LogP contribution < -0.4 is 16.0 Å². The minimum absolute atomic E-state index is 0.0599. The van der Waals surface area contributed by atoms with Crippen molar-refractivity contribution < 1.29 is 61.8 Å². The minimum atomic E-state index is -0.708. The van der Waals surface area contributed by atoms with Gasteiger partial charge in [0, 0.05) is 48.6 Å². The highest BCUT2D eigenvalue weighted by atomic mass is 127. The number of thiocarbonyl (C=S) groups is 1. The SMILES string of the molecule is CCOCCOCCOCCOCCC(=O)N[C@@H](CCCCNC(=S)CCc1ccc(I)cc1)C(=O)OC(C)(C)C.CCOCCOCCOCCOCCNC(=O)OCC1c2ccccc2-c2ccccc21. The molecular formula is C55H82IN3O13S. The molecule has 0 fully saturated rings. The first-order valence-electron chi connectivity index (χ1n) is 25.7. The van der Waals surface area contributed by atoms with Gasteiger partial charge in [-0.05, 0) is 123 Å². The maximum absolute atomic E-state index is 12.7. The number of rotatable bonds is 38. The van der Waals surface area contributed by atoms with Gasteiger partial charge in [0.2, 0.25) is 5.91 Å². The molecule has 4 rings (SSSR count). The lowest BCUT2D eigenvalue weighted by molar-refractivity contribution is -0.159. The molecule has 0 bridgehead atoms. The molecule has 0 spiro atoms. The fraction of sp³-hybridized carbons (Fsp3) is 0.600. The average Bonchev–Trinajstić information content (AvgIpc) is 3.69. The monoisotopic (exact) mass is 1150 g/mol. The van der Waals surface area contributed by atoms with Crippen molar-refractivity contribution in [3.63, 3.8) is 0 Å². The molecule has 16 nitrogen and oxygen atoms in total. The summed E-state index contributed by atoms with van der Waals surface area (Å²) in [4.78, 5) is 38.2. The first-order chi connectivity index (χ1) is 35.4.